The van der Waals surface area contributed by atoms with E-state index in [0.717, 1.165) is 0 Å². The lowest BCUT2D eigenvalue weighted by atomic mass is 10.8. The zero-order chi connectivity index (χ0) is 5.82. The topological polar surface area (TPSA) is 42.0 Å². The van der Waals surface area contributed by atoms with Crippen molar-refractivity contribution in [3.05, 3.63) is 10.9 Å². The third-order valence-corrected chi connectivity index (χ3v) is 1.23. The first-order valence-corrected chi connectivity index (χ1v) is 2.96. The lowest BCUT2D eigenvalue weighted by Crippen LogP contribution is -1.91. The number of hydrogen-bond donors (Lipinski definition) is 1. The second-order valence-electron chi connectivity index (χ2n) is 1.14. The fourth-order valence-corrected chi connectivity index (χ4v) is 0.837. The van der Waals surface area contributed by atoms with Crippen LogP contribution in [0.3, 0.4) is 0 Å². The minimum atomic E-state index is 0.606. The van der Waals surface area contributed by atoms with Gasteiger partial charge in [0, 0.05) is 5.38 Å². The lowest BCUT2D eigenvalue weighted by molar-refractivity contribution is -0.105. The molecule has 0 saturated carbocycles. The van der Waals surface area contributed by atoms with Gasteiger partial charge in [-0.1, -0.05) is 0 Å². The maximum atomic E-state index is 9.73. The summed E-state index contributed by atoms with van der Waals surface area (Å²) in [5.74, 6) is 0.616. The quantitative estimate of drug-likeness (QED) is 0.596. The highest BCUT2D eigenvalue weighted by Crippen LogP contribution is 2.03. The molecule has 42 valence electrons. The molecule has 1 aromatic heterocycles. The van der Waals surface area contributed by atoms with Crippen molar-refractivity contribution >= 4 is 23.6 Å². The van der Waals surface area contributed by atoms with Gasteiger partial charge in [0.1, 0.15) is 5.82 Å². The smallest absolute Gasteiger partial charge is 0.212 e. The van der Waals surface area contributed by atoms with Crippen molar-refractivity contribution < 1.29 is 4.79 Å². The molecule has 0 aromatic carbocycles. The van der Waals surface area contributed by atoms with Gasteiger partial charge in [0.2, 0.25) is 6.41 Å². The van der Waals surface area contributed by atoms with Gasteiger partial charge in [0.25, 0.3) is 0 Å². The molecule has 1 rings (SSSR count). The highest BCUT2D eigenvalue weighted by molar-refractivity contribution is 7.07. The van der Waals surface area contributed by atoms with Crippen LogP contribution in [0.2, 0.25) is 0 Å². The third kappa shape index (κ3) is 1.04. The van der Waals surface area contributed by atoms with Crippen LogP contribution in [-0.2, 0) is 4.79 Å². The van der Waals surface area contributed by atoms with Gasteiger partial charge in [-0.2, -0.15) is 0 Å². The van der Waals surface area contributed by atoms with Gasteiger partial charge in [-0.3, -0.25) is 4.79 Å². The summed E-state index contributed by atoms with van der Waals surface area (Å²) in [6, 6.07) is 0. The van der Waals surface area contributed by atoms with E-state index in [1.54, 1.807) is 10.9 Å². The minimum Gasteiger partial charge on any atom is -0.313 e. The normalized spacial score (nSPS) is 8.50. The van der Waals surface area contributed by atoms with Crippen LogP contribution in [0.25, 0.3) is 0 Å². The highest BCUT2D eigenvalue weighted by Gasteiger charge is 1.85. The number of nitrogens with one attached hydrogen (secondary N) is 1. The number of rotatable bonds is 2. The number of carbonyl (C=O) groups is 1. The molecule has 0 aliphatic carbocycles. The molecular weight excluding hydrogens is 124 g/mol. The Labute approximate surface area is 50.4 Å². The Morgan fingerprint density at radius 1 is 1.88 bits per heavy atom. The second-order valence-corrected chi connectivity index (χ2v) is 1.85. The molecule has 0 aliphatic rings. The van der Waals surface area contributed by atoms with E-state index in [4.69, 9.17) is 0 Å². The summed E-state index contributed by atoms with van der Waals surface area (Å²) in [5.41, 5.74) is 1.66. The number of nitrogens with zero attached hydrogens (tertiary/aromatic N) is 1. The van der Waals surface area contributed by atoms with Crippen molar-refractivity contribution in [2.24, 2.45) is 0 Å². The molecule has 0 radical (unpaired) electrons. The first kappa shape index (κ1) is 5.24. The summed E-state index contributed by atoms with van der Waals surface area (Å²) in [6.45, 7) is 0. The molecule has 4 heteroatoms. The number of anilines is 1. The van der Waals surface area contributed by atoms with Crippen LogP contribution < -0.4 is 5.32 Å². The van der Waals surface area contributed by atoms with Gasteiger partial charge in [-0.25, -0.2) is 4.98 Å². The summed E-state index contributed by atoms with van der Waals surface area (Å²) in [7, 11) is 0. The fraction of sp³-hybridized carbons (Fsp3) is 0. The van der Waals surface area contributed by atoms with Crippen LogP contribution >= 0.6 is 11.3 Å². The standard InChI is InChI=1S/C4H4N2OS/c7-2-5-4-1-8-3-6-4/h1-3H,(H,5,7). The number of carbonyl (C=O) groups excluding carboxylic acids is 1. The predicted molar refractivity (Wildman–Crippen MR) is 31.8 cm³/mol. The Morgan fingerprint density at radius 3 is 3.25 bits per heavy atom. The van der Waals surface area contributed by atoms with Crippen molar-refractivity contribution in [3.8, 4) is 0 Å². The second kappa shape index (κ2) is 2.42. The molecule has 0 aliphatic heterocycles. The van der Waals surface area contributed by atoms with Crippen molar-refractivity contribution in [2.75, 3.05) is 5.32 Å². The van der Waals surface area contributed by atoms with Crippen LogP contribution in [0.1, 0.15) is 0 Å². The largest absolute Gasteiger partial charge is 0.313 e. The highest BCUT2D eigenvalue weighted by atomic mass is 32.1. The van der Waals surface area contributed by atoms with Gasteiger partial charge in [-0.05, 0) is 0 Å². The van der Waals surface area contributed by atoms with Gasteiger partial charge < -0.3 is 5.32 Å². The molecule has 1 heterocycles. The van der Waals surface area contributed by atoms with E-state index in [1.807, 2.05) is 0 Å². The molecule has 0 bridgehead atoms. The molecule has 0 atom stereocenters. The van der Waals surface area contributed by atoms with Crippen molar-refractivity contribution in [3.63, 3.8) is 0 Å². The monoisotopic (exact) mass is 128 g/mol. The number of aromatic nitrogens is 1. The Morgan fingerprint density at radius 2 is 2.75 bits per heavy atom. The van der Waals surface area contributed by atoms with Crippen molar-refractivity contribution in [2.45, 2.75) is 0 Å². The first-order chi connectivity index (χ1) is 3.93. The molecular formula is C4H4N2OS. The van der Waals surface area contributed by atoms with E-state index in [2.05, 4.69) is 10.3 Å². The number of thiazole rings is 1. The van der Waals surface area contributed by atoms with E-state index in [0.29, 0.717) is 12.2 Å². The molecule has 8 heavy (non-hydrogen) atoms. The average Bonchev–Trinajstić information content (AvgIpc) is 2.19. The Bertz CT molecular complexity index is 161. The van der Waals surface area contributed by atoms with E-state index >= 15 is 0 Å². The van der Waals surface area contributed by atoms with Gasteiger partial charge in [0.15, 0.2) is 0 Å². The average molecular weight is 128 g/mol. The summed E-state index contributed by atoms with van der Waals surface area (Å²) < 4.78 is 0. The number of amides is 1. The zero-order valence-corrected chi connectivity index (χ0v) is 4.81. The fourth-order valence-electron chi connectivity index (χ4n) is 0.344. The van der Waals surface area contributed by atoms with E-state index in [1.165, 1.54) is 11.3 Å². The van der Waals surface area contributed by atoms with E-state index in [9.17, 15) is 4.79 Å². The van der Waals surface area contributed by atoms with E-state index in [-0.39, 0.29) is 0 Å². The van der Waals surface area contributed by atoms with E-state index < -0.39 is 0 Å². The maximum Gasteiger partial charge on any atom is 0.212 e. The summed E-state index contributed by atoms with van der Waals surface area (Å²) in [5, 5.41) is 4.16. The van der Waals surface area contributed by atoms with Gasteiger partial charge in [0.05, 0.1) is 5.51 Å². The van der Waals surface area contributed by atoms with Crippen LogP contribution in [0, 0.1) is 0 Å². The molecule has 0 fully saturated rings. The SMILES string of the molecule is O=CNc1cscn1. The van der Waals surface area contributed by atoms with Crippen molar-refractivity contribution in [1.29, 1.82) is 0 Å². The zero-order valence-electron chi connectivity index (χ0n) is 4.00. The maximum absolute atomic E-state index is 9.73. The molecule has 0 spiro atoms. The van der Waals surface area contributed by atoms with Crippen LogP contribution in [0.4, 0.5) is 5.82 Å². The minimum absolute atomic E-state index is 0.606. The Hall–Kier alpha value is -0.900. The molecule has 1 amide bonds. The molecule has 3 nitrogen and oxygen atoms in total. The van der Waals surface area contributed by atoms with Crippen LogP contribution in [0.5, 0.6) is 0 Å². The summed E-state index contributed by atoms with van der Waals surface area (Å²) in [4.78, 5) is 13.5. The Balaban J connectivity index is 2.62. The predicted octanol–water partition coefficient (Wildman–Crippen LogP) is 0.711. The van der Waals surface area contributed by atoms with Gasteiger partial charge >= 0.3 is 0 Å². The number of hydrogen-bond acceptors (Lipinski definition) is 3. The summed E-state index contributed by atoms with van der Waals surface area (Å²) in [6.07, 6.45) is 0.606. The van der Waals surface area contributed by atoms with Crippen LogP contribution in [-0.4, -0.2) is 11.4 Å². The lowest BCUT2D eigenvalue weighted by Gasteiger charge is -1.83. The summed E-state index contributed by atoms with van der Waals surface area (Å²) >= 11 is 1.45. The first-order valence-electron chi connectivity index (χ1n) is 2.02. The molecule has 0 saturated heterocycles. The third-order valence-electron chi connectivity index (χ3n) is 0.639. The molecule has 1 N–H and O–H groups in total. The molecule has 1 aromatic rings. The Kier molecular flexibility index (Phi) is 1.58. The van der Waals surface area contributed by atoms with Crippen molar-refractivity contribution in [1.82, 2.24) is 4.98 Å². The van der Waals surface area contributed by atoms with Crippen LogP contribution in [0.15, 0.2) is 10.9 Å². The molecule has 0 unspecified atom stereocenters. The van der Waals surface area contributed by atoms with Gasteiger partial charge in [-0.15, -0.1) is 11.3 Å².